The predicted molar refractivity (Wildman–Crippen MR) is 40.8 cm³/mol. The first-order chi connectivity index (χ1) is 4.72. The van der Waals surface area contributed by atoms with Crippen LogP contribution in [0.4, 0.5) is 0 Å². The zero-order valence-electron chi connectivity index (χ0n) is 5.92. The lowest BCUT2D eigenvalue weighted by atomic mass is 10.0. The molecule has 0 aromatic rings. The molecule has 0 saturated heterocycles. The van der Waals surface area contributed by atoms with E-state index >= 15 is 0 Å². The first kappa shape index (κ1) is 8.95. The SMILES string of the molecule is C=CCC(CC=C)C(=O)O. The van der Waals surface area contributed by atoms with Crippen molar-refractivity contribution in [2.75, 3.05) is 0 Å². The van der Waals surface area contributed by atoms with Gasteiger partial charge in [0.1, 0.15) is 0 Å². The van der Waals surface area contributed by atoms with Gasteiger partial charge in [0.2, 0.25) is 0 Å². The van der Waals surface area contributed by atoms with Gasteiger partial charge in [-0.05, 0) is 12.8 Å². The number of allylic oxidation sites excluding steroid dienone is 2. The number of rotatable bonds is 5. The Bertz CT molecular complexity index is 128. The molecular formula is C8H12O2. The highest BCUT2D eigenvalue weighted by molar-refractivity contribution is 5.70. The molecule has 0 atom stereocenters. The fraction of sp³-hybridized carbons (Fsp3) is 0.375. The average Bonchev–Trinajstić information content (AvgIpc) is 1.87. The second-order valence-electron chi connectivity index (χ2n) is 2.08. The molecule has 2 heteroatoms. The average molecular weight is 140 g/mol. The Kier molecular flexibility index (Phi) is 4.29. The van der Waals surface area contributed by atoms with Gasteiger partial charge < -0.3 is 5.11 Å². The molecule has 0 saturated carbocycles. The van der Waals surface area contributed by atoms with E-state index in [2.05, 4.69) is 13.2 Å². The van der Waals surface area contributed by atoms with Crippen molar-refractivity contribution in [2.45, 2.75) is 12.8 Å². The monoisotopic (exact) mass is 140 g/mol. The van der Waals surface area contributed by atoms with Gasteiger partial charge in [0.05, 0.1) is 5.92 Å². The topological polar surface area (TPSA) is 37.3 Å². The Balaban J connectivity index is 3.83. The van der Waals surface area contributed by atoms with Crippen LogP contribution in [0.1, 0.15) is 12.8 Å². The lowest BCUT2D eigenvalue weighted by molar-refractivity contribution is -0.141. The summed E-state index contributed by atoms with van der Waals surface area (Å²) in [6.45, 7) is 6.94. The maximum Gasteiger partial charge on any atom is 0.307 e. The summed E-state index contributed by atoms with van der Waals surface area (Å²) in [4.78, 5) is 10.4. The fourth-order valence-electron chi connectivity index (χ4n) is 0.700. The first-order valence-electron chi connectivity index (χ1n) is 3.17. The van der Waals surface area contributed by atoms with Crippen LogP contribution in [-0.4, -0.2) is 11.1 Å². The molecule has 0 radical (unpaired) electrons. The summed E-state index contributed by atoms with van der Waals surface area (Å²) >= 11 is 0. The maximum atomic E-state index is 10.4. The van der Waals surface area contributed by atoms with Crippen molar-refractivity contribution >= 4 is 5.97 Å². The molecule has 10 heavy (non-hydrogen) atoms. The molecule has 0 aliphatic rings. The Labute approximate surface area is 60.9 Å². The summed E-state index contributed by atoms with van der Waals surface area (Å²) in [5.74, 6) is -1.12. The van der Waals surface area contributed by atoms with E-state index in [1.807, 2.05) is 0 Å². The third-order valence-corrected chi connectivity index (χ3v) is 1.25. The molecule has 0 heterocycles. The van der Waals surface area contributed by atoms with Gasteiger partial charge in [-0.15, -0.1) is 13.2 Å². The number of hydrogen-bond donors (Lipinski definition) is 1. The third kappa shape index (κ3) is 3.07. The second kappa shape index (κ2) is 4.79. The van der Waals surface area contributed by atoms with Gasteiger partial charge in [0, 0.05) is 0 Å². The van der Waals surface area contributed by atoms with E-state index in [0.717, 1.165) is 0 Å². The lowest BCUT2D eigenvalue weighted by Gasteiger charge is -2.04. The van der Waals surface area contributed by atoms with Gasteiger partial charge >= 0.3 is 5.97 Å². The number of aliphatic carboxylic acids is 1. The van der Waals surface area contributed by atoms with Crippen LogP contribution in [0.25, 0.3) is 0 Å². The van der Waals surface area contributed by atoms with Gasteiger partial charge in [-0.1, -0.05) is 12.2 Å². The Hall–Kier alpha value is -1.05. The molecule has 0 aliphatic carbocycles. The molecule has 1 N–H and O–H groups in total. The zero-order chi connectivity index (χ0) is 7.98. The predicted octanol–water partition coefficient (Wildman–Crippen LogP) is 1.84. The quantitative estimate of drug-likeness (QED) is 0.591. The highest BCUT2D eigenvalue weighted by Gasteiger charge is 2.12. The minimum Gasteiger partial charge on any atom is -0.481 e. The van der Waals surface area contributed by atoms with Crippen molar-refractivity contribution in [1.82, 2.24) is 0 Å². The Morgan fingerprint density at radius 3 is 2.00 bits per heavy atom. The number of hydrogen-bond acceptors (Lipinski definition) is 1. The van der Waals surface area contributed by atoms with Crippen LogP contribution in [0.2, 0.25) is 0 Å². The Morgan fingerprint density at radius 2 is 1.80 bits per heavy atom. The lowest BCUT2D eigenvalue weighted by Crippen LogP contribution is -2.11. The van der Waals surface area contributed by atoms with E-state index < -0.39 is 5.97 Å². The van der Waals surface area contributed by atoms with E-state index in [1.54, 1.807) is 12.2 Å². The molecule has 0 spiro atoms. The Morgan fingerprint density at radius 1 is 1.40 bits per heavy atom. The molecule has 0 bridgehead atoms. The summed E-state index contributed by atoms with van der Waals surface area (Å²) < 4.78 is 0. The van der Waals surface area contributed by atoms with Crippen LogP contribution >= 0.6 is 0 Å². The van der Waals surface area contributed by atoms with Crippen LogP contribution in [0.5, 0.6) is 0 Å². The molecular weight excluding hydrogens is 128 g/mol. The molecule has 56 valence electrons. The minimum atomic E-state index is -0.778. The highest BCUT2D eigenvalue weighted by Crippen LogP contribution is 2.08. The second-order valence-corrected chi connectivity index (χ2v) is 2.08. The van der Waals surface area contributed by atoms with Gasteiger partial charge in [-0.3, -0.25) is 4.79 Å². The molecule has 0 rings (SSSR count). The van der Waals surface area contributed by atoms with E-state index in [4.69, 9.17) is 5.11 Å². The minimum absolute atomic E-state index is 0.338. The highest BCUT2D eigenvalue weighted by atomic mass is 16.4. The van der Waals surface area contributed by atoms with Crippen molar-refractivity contribution in [1.29, 1.82) is 0 Å². The van der Waals surface area contributed by atoms with Gasteiger partial charge in [-0.25, -0.2) is 0 Å². The molecule has 0 amide bonds. The summed E-state index contributed by atoms with van der Waals surface area (Å²) in [5.41, 5.74) is 0. The van der Waals surface area contributed by atoms with Crippen LogP contribution in [0.3, 0.4) is 0 Å². The third-order valence-electron chi connectivity index (χ3n) is 1.25. The summed E-state index contributed by atoms with van der Waals surface area (Å²) in [7, 11) is 0. The van der Waals surface area contributed by atoms with Crippen molar-refractivity contribution in [3.8, 4) is 0 Å². The first-order valence-corrected chi connectivity index (χ1v) is 3.17. The smallest absolute Gasteiger partial charge is 0.307 e. The van der Waals surface area contributed by atoms with Crippen LogP contribution in [0, 0.1) is 5.92 Å². The summed E-state index contributed by atoms with van der Waals surface area (Å²) in [5, 5.41) is 8.54. The summed E-state index contributed by atoms with van der Waals surface area (Å²) in [6, 6.07) is 0. The van der Waals surface area contributed by atoms with Gasteiger partial charge in [0.25, 0.3) is 0 Å². The van der Waals surface area contributed by atoms with E-state index in [9.17, 15) is 4.79 Å². The molecule has 0 unspecified atom stereocenters. The molecule has 0 aromatic carbocycles. The number of carboxylic acid groups (broad SMARTS) is 1. The summed E-state index contributed by atoms with van der Waals surface area (Å²) in [6.07, 6.45) is 4.26. The fourth-order valence-corrected chi connectivity index (χ4v) is 0.700. The van der Waals surface area contributed by atoms with Crippen molar-refractivity contribution in [3.63, 3.8) is 0 Å². The molecule has 0 aliphatic heterocycles. The molecule has 2 nitrogen and oxygen atoms in total. The zero-order valence-corrected chi connectivity index (χ0v) is 5.92. The number of carboxylic acids is 1. The van der Waals surface area contributed by atoms with Crippen molar-refractivity contribution in [3.05, 3.63) is 25.3 Å². The van der Waals surface area contributed by atoms with Crippen LogP contribution < -0.4 is 0 Å². The van der Waals surface area contributed by atoms with Gasteiger partial charge in [0.15, 0.2) is 0 Å². The largest absolute Gasteiger partial charge is 0.481 e. The molecule has 0 aromatic heterocycles. The van der Waals surface area contributed by atoms with Gasteiger partial charge in [-0.2, -0.15) is 0 Å². The van der Waals surface area contributed by atoms with Crippen LogP contribution in [-0.2, 0) is 4.79 Å². The maximum absolute atomic E-state index is 10.4. The van der Waals surface area contributed by atoms with Crippen molar-refractivity contribution in [2.24, 2.45) is 5.92 Å². The molecule has 0 fully saturated rings. The number of carbonyl (C=O) groups is 1. The van der Waals surface area contributed by atoms with E-state index in [0.29, 0.717) is 12.8 Å². The van der Waals surface area contributed by atoms with E-state index in [-0.39, 0.29) is 5.92 Å². The van der Waals surface area contributed by atoms with Crippen LogP contribution in [0.15, 0.2) is 25.3 Å². The van der Waals surface area contributed by atoms with E-state index in [1.165, 1.54) is 0 Å². The van der Waals surface area contributed by atoms with Crippen molar-refractivity contribution < 1.29 is 9.90 Å². The normalized spacial score (nSPS) is 9.30. The standard InChI is InChI=1S/C8H12O2/c1-3-5-7(6-4-2)8(9)10/h3-4,7H,1-2,5-6H2,(H,9,10).